The highest BCUT2D eigenvalue weighted by Gasteiger charge is 2.44. The van der Waals surface area contributed by atoms with Crippen LogP contribution >= 0.6 is 0 Å². The minimum absolute atomic E-state index is 0.603. The quantitative estimate of drug-likeness (QED) is 0.602. The summed E-state index contributed by atoms with van der Waals surface area (Å²) in [5, 5.41) is 3.58. The number of hydrogen-bond acceptors (Lipinski definition) is 1. The third-order valence-electron chi connectivity index (χ3n) is 2.68. The molecule has 0 aromatic carbocycles. The monoisotopic (exact) mass is 155 g/mol. The van der Waals surface area contributed by atoms with Gasteiger partial charge in [-0.1, -0.05) is 33.6 Å². The zero-order valence-corrected chi connectivity index (χ0v) is 8.11. The predicted molar refractivity (Wildman–Crippen MR) is 49.7 cm³/mol. The molecule has 0 amide bonds. The summed E-state index contributed by atoms with van der Waals surface area (Å²) in [4.78, 5) is 0. The molecule has 11 heavy (non-hydrogen) atoms. The van der Waals surface area contributed by atoms with E-state index < -0.39 is 0 Å². The van der Waals surface area contributed by atoms with Gasteiger partial charge >= 0.3 is 0 Å². The van der Waals surface area contributed by atoms with Crippen LogP contribution in [0.25, 0.3) is 0 Å². The topological polar surface area (TPSA) is 12.0 Å². The molecule has 0 saturated heterocycles. The van der Waals surface area contributed by atoms with Gasteiger partial charge in [-0.15, -0.1) is 0 Å². The van der Waals surface area contributed by atoms with Gasteiger partial charge in [0.1, 0.15) is 0 Å². The molecule has 1 nitrogen and oxygen atoms in total. The average Bonchev–Trinajstić information content (AvgIpc) is 2.52. The summed E-state index contributed by atoms with van der Waals surface area (Å²) in [5.74, 6) is 0. The first kappa shape index (κ1) is 9.05. The van der Waals surface area contributed by atoms with Crippen LogP contribution in [-0.2, 0) is 0 Å². The Bertz CT molecular complexity index is 118. The van der Waals surface area contributed by atoms with Gasteiger partial charge in [0, 0.05) is 6.04 Å². The Morgan fingerprint density at radius 2 is 2.00 bits per heavy atom. The van der Waals surface area contributed by atoms with E-state index in [-0.39, 0.29) is 0 Å². The maximum absolute atomic E-state index is 3.58. The summed E-state index contributed by atoms with van der Waals surface area (Å²) in [5.41, 5.74) is 0.603. The van der Waals surface area contributed by atoms with Crippen LogP contribution in [0.4, 0.5) is 0 Å². The third-order valence-corrected chi connectivity index (χ3v) is 2.68. The molecule has 66 valence electrons. The van der Waals surface area contributed by atoms with E-state index >= 15 is 0 Å². The number of nitrogens with one attached hydrogen (secondary N) is 1. The zero-order valence-electron chi connectivity index (χ0n) is 8.11. The molecule has 0 spiro atoms. The van der Waals surface area contributed by atoms with Crippen LogP contribution in [0.5, 0.6) is 0 Å². The van der Waals surface area contributed by atoms with Crippen molar-refractivity contribution in [1.29, 1.82) is 0 Å². The fraction of sp³-hybridized carbons (Fsp3) is 1.00. The molecule has 1 heteroatoms. The molecule has 1 saturated carbocycles. The van der Waals surface area contributed by atoms with E-state index in [0.29, 0.717) is 5.41 Å². The fourth-order valence-corrected chi connectivity index (χ4v) is 1.47. The Labute approximate surface area is 70.6 Å². The van der Waals surface area contributed by atoms with Crippen LogP contribution in [0.15, 0.2) is 0 Å². The van der Waals surface area contributed by atoms with Crippen LogP contribution in [-0.4, -0.2) is 12.6 Å². The Kier molecular flexibility index (Phi) is 2.94. The van der Waals surface area contributed by atoms with Crippen LogP contribution in [0, 0.1) is 5.41 Å². The maximum Gasteiger partial charge on any atom is 0.0124 e. The van der Waals surface area contributed by atoms with Crippen LogP contribution in [0.3, 0.4) is 0 Å². The second-order valence-corrected chi connectivity index (χ2v) is 4.41. The standard InChI is InChI=1S/C10H21N/c1-4-5-6-7-11-9-8-10(9,2)3/h9,11H,4-8H2,1-3H3. The van der Waals surface area contributed by atoms with E-state index in [0.717, 1.165) is 6.04 Å². The first-order valence-electron chi connectivity index (χ1n) is 4.90. The Hall–Kier alpha value is -0.0400. The van der Waals surface area contributed by atoms with Crippen LogP contribution < -0.4 is 5.32 Å². The SMILES string of the molecule is CCCCCNC1CC1(C)C. The van der Waals surface area contributed by atoms with Crippen molar-refractivity contribution in [3.05, 3.63) is 0 Å². The predicted octanol–water partition coefficient (Wildman–Crippen LogP) is 2.56. The highest BCUT2D eigenvalue weighted by molar-refractivity contribution is 5.01. The van der Waals surface area contributed by atoms with Gasteiger partial charge in [0.25, 0.3) is 0 Å². The van der Waals surface area contributed by atoms with Gasteiger partial charge in [-0.25, -0.2) is 0 Å². The van der Waals surface area contributed by atoms with Gasteiger partial charge in [0.05, 0.1) is 0 Å². The van der Waals surface area contributed by atoms with Gasteiger partial charge < -0.3 is 5.32 Å². The summed E-state index contributed by atoms with van der Waals surface area (Å²) < 4.78 is 0. The van der Waals surface area contributed by atoms with Crippen LogP contribution in [0.2, 0.25) is 0 Å². The molecule has 0 aromatic heterocycles. The molecule has 1 aliphatic carbocycles. The minimum atomic E-state index is 0.603. The van der Waals surface area contributed by atoms with Gasteiger partial charge in [0.15, 0.2) is 0 Å². The van der Waals surface area contributed by atoms with Crippen molar-refractivity contribution in [1.82, 2.24) is 5.32 Å². The Morgan fingerprint density at radius 3 is 2.45 bits per heavy atom. The van der Waals surface area contributed by atoms with E-state index in [1.54, 1.807) is 0 Å². The normalized spacial score (nSPS) is 27.0. The lowest BCUT2D eigenvalue weighted by atomic mass is 10.2. The van der Waals surface area contributed by atoms with Crippen molar-refractivity contribution in [2.45, 2.75) is 52.5 Å². The maximum atomic E-state index is 3.58. The zero-order chi connectivity index (χ0) is 8.32. The van der Waals surface area contributed by atoms with Gasteiger partial charge in [-0.05, 0) is 24.8 Å². The summed E-state index contributed by atoms with van der Waals surface area (Å²) in [6, 6.07) is 0.819. The molecule has 1 aliphatic rings. The van der Waals surface area contributed by atoms with Crippen molar-refractivity contribution in [3.63, 3.8) is 0 Å². The van der Waals surface area contributed by atoms with Crippen LogP contribution in [0.1, 0.15) is 46.5 Å². The molecule has 1 N–H and O–H groups in total. The molecular weight excluding hydrogens is 134 g/mol. The molecule has 1 fully saturated rings. The molecule has 0 heterocycles. The third kappa shape index (κ3) is 2.82. The number of hydrogen-bond donors (Lipinski definition) is 1. The van der Waals surface area contributed by atoms with Gasteiger partial charge in [-0.2, -0.15) is 0 Å². The number of unbranched alkanes of at least 4 members (excludes halogenated alkanes) is 2. The van der Waals surface area contributed by atoms with Crippen molar-refractivity contribution in [2.75, 3.05) is 6.54 Å². The fourth-order valence-electron chi connectivity index (χ4n) is 1.47. The average molecular weight is 155 g/mol. The second-order valence-electron chi connectivity index (χ2n) is 4.41. The molecule has 1 unspecified atom stereocenters. The molecule has 1 atom stereocenters. The van der Waals surface area contributed by atoms with Crippen molar-refractivity contribution in [3.8, 4) is 0 Å². The highest BCUT2D eigenvalue weighted by Crippen LogP contribution is 2.44. The van der Waals surface area contributed by atoms with Gasteiger partial charge in [-0.3, -0.25) is 0 Å². The van der Waals surface area contributed by atoms with E-state index in [4.69, 9.17) is 0 Å². The molecular formula is C10H21N. The summed E-state index contributed by atoms with van der Waals surface area (Å²) in [7, 11) is 0. The van der Waals surface area contributed by atoms with E-state index in [9.17, 15) is 0 Å². The lowest BCUT2D eigenvalue weighted by Crippen LogP contribution is -2.21. The first-order chi connectivity index (χ1) is 5.17. The summed E-state index contributed by atoms with van der Waals surface area (Å²) in [6.07, 6.45) is 5.43. The first-order valence-corrected chi connectivity index (χ1v) is 4.90. The van der Waals surface area contributed by atoms with E-state index in [1.807, 2.05) is 0 Å². The van der Waals surface area contributed by atoms with E-state index in [1.165, 1.54) is 32.2 Å². The lowest BCUT2D eigenvalue weighted by Gasteiger charge is -2.05. The largest absolute Gasteiger partial charge is 0.313 e. The Balaban J connectivity index is 1.90. The molecule has 0 aromatic rings. The molecule has 0 bridgehead atoms. The minimum Gasteiger partial charge on any atom is -0.313 e. The molecule has 0 radical (unpaired) electrons. The summed E-state index contributed by atoms with van der Waals surface area (Å²) >= 11 is 0. The number of rotatable bonds is 5. The lowest BCUT2D eigenvalue weighted by molar-refractivity contribution is 0.527. The van der Waals surface area contributed by atoms with E-state index in [2.05, 4.69) is 26.1 Å². The van der Waals surface area contributed by atoms with Crippen molar-refractivity contribution < 1.29 is 0 Å². The highest BCUT2D eigenvalue weighted by atomic mass is 15.0. The van der Waals surface area contributed by atoms with Crippen molar-refractivity contribution in [2.24, 2.45) is 5.41 Å². The Morgan fingerprint density at radius 1 is 1.36 bits per heavy atom. The second kappa shape index (κ2) is 3.57. The smallest absolute Gasteiger partial charge is 0.0124 e. The molecule has 0 aliphatic heterocycles. The van der Waals surface area contributed by atoms with Gasteiger partial charge in [0.2, 0.25) is 0 Å². The van der Waals surface area contributed by atoms with Crippen molar-refractivity contribution >= 4 is 0 Å². The molecule has 1 rings (SSSR count). The summed E-state index contributed by atoms with van der Waals surface area (Å²) in [6.45, 7) is 8.15.